The molecule has 0 aliphatic heterocycles. The fourth-order valence-electron chi connectivity index (χ4n) is 1.25. The summed E-state index contributed by atoms with van der Waals surface area (Å²) in [6, 6.07) is 9.68. The van der Waals surface area contributed by atoms with E-state index in [0.29, 0.717) is 16.5 Å². The zero-order chi connectivity index (χ0) is 12.3. The molecule has 4 nitrogen and oxygen atoms in total. The van der Waals surface area contributed by atoms with Crippen molar-refractivity contribution < 1.29 is 19.1 Å². The minimum Gasteiger partial charge on any atom is -0.542 e. The lowest BCUT2D eigenvalue weighted by atomic mass is 10.3. The van der Waals surface area contributed by atoms with Crippen molar-refractivity contribution in [3.63, 3.8) is 0 Å². The van der Waals surface area contributed by atoms with Gasteiger partial charge in [0.2, 0.25) is 0 Å². The molecule has 17 heavy (non-hydrogen) atoms. The SMILES string of the molecule is O=C([O-])c1ccc(COc2ccc(Cl)cc2)o1. The van der Waals surface area contributed by atoms with Gasteiger partial charge in [-0.05, 0) is 36.4 Å². The molecule has 1 aromatic heterocycles. The summed E-state index contributed by atoms with van der Waals surface area (Å²) in [6.45, 7) is 0.148. The summed E-state index contributed by atoms with van der Waals surface area (Å²) in [7, 11) is 0. The van der Waals surface area contributed by atoms with Crippen LogP contribution < -0.4 is 9.84 Å². The standard InChI is InChI=1S/C12H9ClO4/c13-8-1-3-9(4-2-8)16-7-10-5-6-11(17-10)12(14)15/h1-6H,7H2,(H,14,15)/p-1. The fraction of sp³-hybridized carbons (Fsp3) is 0.0833. The van der Waals surface area contributed by atoms with Crippen molar-refractivity contribution in [2.45, 2.75) is 6.61 Å². The van der Waals surface area contributed by atoms with Gasteiger partial charge in [-0.15, -0.1) is 0 Å². The van der Waals surface area contributed by atoms with Crippen LogP contribution in [-0.2, 0) is 6.61 Å². The zero-order valence-electron chi connectivity index (χ0n) is 8.68. The Morgan fingerprint density at radius 2 is 1.94 bits per heavy atom. The minimum absolute atomic E-state index is 0.148. The minimum atomic E-state index is -1.34. The van der Waals surface area contributed by atoms with Gasteiger partial charge in [0.05, 0.1) is 0 Å². The Morgan fingerprint density at radius 1 is 1.24 bits per heavy atom. The lowest BCUT2D eigenvalue weighted by Gasteiger charge is -2.03. The highest BCUT2D eigenvalue weighted by atomic mass is 35.5. The summed E-state index contributed by atoms with van der Waals surface area (Å²) in [5.41, 5.74) is 0. The number of aromatic carboxylic acids is 1. The van der Waals surface area contributed by atoms with E-state index in [1.165, 1.54) is 12.1 Å². The summed E-state index contributed by atoms with van der Waals surface area (Å²) in [5.74, 6) is -0.512. The highest BCUT2D eigenvalue weighted by molar-refractivity contribution is 6.30. The topological polar surface area (TPSA) is 62.5 Å². The van der Waals surface area contributed by atoms with Crippen LogP contribution in [0.25, 0.3) is 0 Å². The molecule has 0 atom stereocenters. The molecular formula is C12H8ClO4-. The van der Waals surface area contributed by atoms with E-state index in [9.17, 15) is 9.90 Å². The highest BCUT2D eigenvalue weighted by Crippen LogP contribution is 2.17. The second-order valence-electron chi connectivity index (χ2n) is 3.30. The molecule has 0 aliphatic carbocycles. The Kier molecular flexibility index (Phi) is 3.35. The first-order valence-corrected chi connectivity index (χ1v) is 5.21. The van der Waals surface area contributed by atoms with Crippen molar-refractivity contribution in [1.82, 2.24) is 0 Å². The number of carboxylic acid groups (broad SMARTS) is 1. The molecule has 1 aromatic carbocycles. The Bertz CT molecular complexity index is 516. The van der Waals surface area contributed by atoms with Crippen molar-refractivity contribution in [3.8, 4) is 5.75 Å². The Morgan fingerprint density at radius 3 is 2.53 bits per heavy atom. The van der Waals surface area contributed by atoms with Gasteiger partial charge < -0.3 is 19.1 Å². The van der Waals surface area contributed by atoms with Crippen molar-refractivity contribution in [2.75, 3.05) is 0 Å². The van der Waals surface area contributed by atoms with E-state index in [1.54, 1.807) is 24.3 Å². The number of hydrogen-bond acceptors (Lipinski definition) is 4. The quantitative estimate of drug-likeness (QED) is 0.832. The summed E-state index contributed by atoms with van der Waals surface area (Å²) in [5, 5.41) is 11.1. The third-order valence-corrected chi connectivity index (χ3v) is 2.31. The number of hydrogen-bond donors (Lipinski definition) is 0. The molecule has 0 spiro atoms. The average Bonchev–Trinajstić information content (AvgIpc) is 2.77. The normalized spacial score (nSPS) is 10.2. The predicted molar refractivity (Wildman–Crippen MR) is 58.8 cm³/mol. The molecule has 0 bridgehead atoms. The first-order chi connectivity index (χ1) is 8.15. The molecule has 0 radical (unpaired) electrons. The monoisotopic (exact) mass is 251 g/mol. The Labute approximate surface area is 102 Å². The zero-order valence-corrected chi connectivity index (χ0v) is 9.44. The highest BCUT2D eigenvalue weighted by Gasteiger charge is 2.03. The first-order valence-electron chi connectivity index (χ1n) is 4.83. The maximum absolute atomic E-state index is 10.5. The molecule has 0 amide bonds. The smallest absolute Gasteiger partial charge is 0.149 e. The van der Waals surface area contributed by atoms with E-state index in [-0.39, 0.29) is 12.4 Å². The lowest BCUT2D eigenvalue weighted by molar-refractivity contribution is -0.257. The van der Waals surface area contributed by atoms with Crippen molar-refractivity contribution in [2.24, 2.45) is 0 Å². The van der Waals surface area contributed by atoms with Crippen molar-refractivity contribution in [3.05, 3.63) is 52.9 Å². The number of ether oxygens (including phenoxy) is 1. The number of carboxylic acids is 1. The summed E-state index contributed by atoms with van der Waals surface area (Å²) in [6.07, 6.45) is 0. The molecule has 0 N–H and O–H groups in total. The lowest BCUT2D eigenvalue weighted by Crippen LogP contribution is -2.21. The van der Waals surface area contributed by atoms with Gasteiger partial charge in [-0.1, -0.05) is 11.6 Å². The Hall–Kier alpha value is -1.94. The van der Waals surface area contributed by atoms with Crippen LogP contribution in [0.4, 0.5) is 0 Å². The second kappa shape index (κ2) is 4.93. The summed E-state index contributed by atoms with van der Waals surface area (Å²) in [4.78, 5) is 10.5. The number of carbonyl (C=O) groups is 1. The largest absolute Gasteiger partial charge is 0.542 e. The molecule has 0 unspecified atom stereocenters. The summed E-state index contributed by atoms with van der Waals surface area (Å²) < 4.78 is 10.4. The van der Waals surface area contributed by atoms with E-state index >= 15 is 0 Å². The van der Waals surface area contributed by atoms with Gasteiger partial charge >= 0.3 is 0 Å². The predicted octanol–water partition coefficient (Wildman–Crippen LogP) is 1.88. The van der Waals surface area contributed by atoms with Gasteiger partial charge in [0.15, 0.2) is 0 Å². The molecule has 0 fully saturated rings. The fourth-order valence-corrected chi connectivity index (χ4v) is 1.38. The van der Waals surface area contributed by atoms with Gasteiger partial charge in [0.1, 0.15) is 29.8 Å². The van der Waals surface area contributed by atoms with Crippen LogP contribution in [0.1, 0.15) is 16.3 Å². The molecule has 88 valence electrons. The molecule has 0 aliphatic rings. The molecule has 0 saturated carbocycles. The number of carbonyl (C=O) groups excluding carboxylic acids is 1. The Balaban J connectivity index is 1.97. The van der Waals surface area contributed by atoms with Crippen molar-refractivity contribution in [1.29, 1.82) is 0 Å². The molecule has 0 saturated heterocycles. The number of rotatable bonds is 4. The summed E-state index contributed by atoms with van der Waals surface area (Å²) >= 11 is 5.72. The van der Waals surface area contributed by atoms with Crippen LogP contribution in [0.3, 0.4) is 0 Å². The van der Waals surface area contributed by atoms with E-state index in [0.717, 1.165) is 0 Å². The van der Waals surface area contributed by atoms with E-state index < -0.39 is 5.97 Å². The molecular weight excluding hydrogens is 244 g/mol. The van der Waals surface area contributed by atoms with Crippen LogP contribution >= 0.6 is 11.6 Å². The second-order valence-corrected chi connectivity index (χ2v) is 3.73. The van der Waals surface area contributed by atoms with Gasteiger partial charge in [0.25, 0.3) is 0 Å². The number of halogens is 1. The maximum Gasteiger partial charge on any atom is 0.149 e. The van der Waals surface area contributed by atoms with Crippen LogP contribution in [0.15, 0.2) is 40.8 Å². The first kappa shape index (κ1) is 11.5. The van der Waals surface area contributed by atoms with Gasteiger partial charge in [-0.2, -0.15) is 0 Å². The number of benzene rings is 1. The molecule has 1 heterocycles. The average molecular weight is 252 g/mol. The van der Waals surface area contributed by atoms with Crippen molar-refractivity contribution >= 4 is 17.6 Å². The van der Waals surface area contributed by atoms with E-state index in [1.807, 2.05) is 0 Å². The van der Waals surface area contributed by atoms with Crippen LogP contribution in [0.2, 0.25) is 5.02 Å². The van der Waals surface area contributed by atoms with Gasteiger partial charge in [0, 0.05) is 5.02 Å². The molecule has 2 aromatic rings. The third-order valence-electron chi connectivity index (χ3n) is 2.06. The molecule has 5 heteroatoms. The van der Waals surface area contributed by atoms with Crippen LogP contribution in [-0.4, -0.2) is 5.97 Å². The molecule has 2 rings (SSSR count). The van der Waals surface area contributed by atoms with E-state index in [4.69, 9.17) is 20.8 Å². The van der Waals surface area contributed by atoms with Crippen LogP contribution in [0, 0.1) is 0 Å². The van der Waals surface area contributed by atoms with Gasteiger partial charge in [-0.25, -0.2) is 0 Å². The maximum atomic E-state index is 10.5. The number of furan rings is 1. The van der Waals surface area contributed by atoms with Crippen LogP contribution in [0.5, 0.6) is 5.75 Å². The van der Waals surface area contributed by atoms with E-state index in [2.05, 4.69) is 0 Å². The van der Waals surface area contributed by atoms with Gasteiger partial charge in [-0.3, -0.25) is 0 Å². The third kappa shape index (κ3) is 3.01.